The van der Waals surface area contributed by atoms with Crippen LogP contribution in [0.2, 0.25) is 0 Å². The molecular formula is C22H33IN4O2. The number of rotatable bonds is 6. The predicted molar refractivity (Wildman–Crippen MR) is 126 cm³/mol. The van der Waals surface area contributed by atoms with Crippen molar-refractivity contribution in [2.45, 2.75) is 51.1 Å². The van der Waals surface area contributed by atoms with Crippen LogP contribution in [0.3, 0.4) is 0 Å². The standard InChI is InChI=1S/C22H32N4O2.HI/c1-23-22(26-13-17-6-2-3-7-18(17)14-26)24-12-16-5-4-8-20(11-16)28-15-21(27)25-19-9-10-19;/h4-5,8,11,17-19H,2-3,6-7,9-10,12-15H2,1H3,(H,23,24)(H,25,27);1H. The quantitative estimate of drug-likeness (QED) is 0.349. The van der Waals surface area contributed by atoms with Crippen LogP contribution in [-0.2, 0) is 11.3 Å². The highest BCUT2D eigenvalue weighted by molar-refractivity contribution is 14.0. The molecule has 1 aromatic carbocycles. The number of aliphatic imine (C=N–C) groups is 1. The third-order valence-corrected chi connectivity index (χ3v) is 6.15. The van der Waals surface area contributed by atoms with Crippen LogP contribution >= 0.6 is 24.0 Å². The van der Waals surface area contributed by atoms with E-state index in [-0.39, 0.29) is 36.5 Å². The number of guanidine groups is 1. The molecule has 1 aromatic rings. The maximum absolute atomic E-state index is 11.8. The highest BCUT2D eigenvalue weighted by atomic mass is 127. The van der Waals surface area contributed by atoms with Gasteiger partial charge in [-0.2, -0.15) is 0 Å². The minimum Gasteiger partial charge on any atom is -0.484 e. The zero-order valence-corrected chi connectivity index (χ0v) is 19.6. The van der Waals surface area contributed by atoms with Gasteiger partial charge in [-0.05, 0) is 55.2 Å². The fourth-order valence-corrected chi connectivity index (χ4v) is 4.48. The number of nitrogens with one attached hydrogen (secondary N) is 2. The summed E-state index contributed by atoms with van der Waals surface area (Å²) in [5.41, 5.74) is 1.12. The Hall–Kier alpha value is -1.51. The molecule has 1 amide bonds. The first-order valence-electron chi connectivity index (χ1n) is 10.7. The lowest BCUT2D eigenvalue weighted by molar-refractivity contribution is -0.123. The molecule has 3 aliphatic rings. The van der Waals surface area contributed by atoms with E-state index in [1.807, 2.05) is 25.2 Å². The van der Waals surface area contributed by atoms with Crippen molar-refractivity contribution >= 4 is 35.8 Å². The number of ether oxygens (including phenoxy) is 1. The lowest BCUT2D eigenvalue weighted by Crippen LogP contribution is -2.39. The van der Waals surface area contributed by atoms with Crippen molar-refractivity contribution in [2.75, 3.05) is 26.7 Å². The molecule has 4 rings (SSSR count). The Balaban J connectivity index is 0.00000240. The molecule has 1 heterocycles. The summed E-state index contributed by atoms with van der Waals surface area (Å²) in [5.74, 6) is 3.36. The van der Waals surface area contributed by atoms with Crippen molar-refractivity contribution < 1.29 is 9.53 Å². The molecule has 0 bridgehead atoms. The first-order chi connectivity index (χ1) is 13.7. The second-order valence-corrected chi connectivity index (χ2v) is 8.39. The second kappa shape index (κ2) is 10.5. The predicted octanol–water partition coefficient (Wildman–Crippen LogP) is 3.16. The van der Waals surface area contributed by atoms with Gasteiger partial charge in [0.25, 0.3) is 5.91 Å². The Morgan fingerprint density at radius 1 is 1.17 bits per heavy atom. The SMILES string of the molecule is CN=C(NCc1cccc(OCC(=O)NC2CC2)c1)N1CC2CCCCC2C1.I. The highest BCUT2D eigenvalue weighted by Gasteiger charge is 2.35. The first kappa shape index (κ1) is 22.2. The molecule has 0 spiro atoms. The van der Waals surface area contributed by atoms with E-state index >= 15 is 0 Å². The molecule has 7 heteroatoms. The van der Waals surface area contributed by atoms with Crippen molar-refractivity contribution in [1.82, 2.24) is 15.5 Å². The van der Waals surface area contributed by atoms with Gasteiger partial charge in [0.1, 0.15) is 5.75 Å². The average molecular weight is 512 g/mol. The van der Waals surface area contributed by atoms with E-state index < -0.39 is 0 Å². The number of halogens is 1. The van der Waals surface area contributed by atoms with Gasteiger partial charge in [-0.3, -0.25) is 9.79 Å². The Labute approximate surface area is 190 Å². The van der Waals surface area contributed by atoms with Crippen molar-refractivity contribution in [3.63, 3.8) is 0 Å². The van der Waals surface area contributed by atoms with Gasteiger partial charge in [-0.15, -0.1) is 24.0 Å². The van der Waals surface area contributed by atoms with Gasteiger partial charge < -0.3 is 20.3 Å². The van der Waals surface area contributed by atoms with Gasteiger partial charge >= 0.3 is 0 Å². The fraction of sp³-hybridized carbons (Fsp3) is 0.636. The Morgan fingerprint density at radius 3 is 2.55 bits per heavy atom. The van der Waals surface area contributed by atoms with Crippen molar-refractivity contribution in [3.05, 3.63) is 29.8 Å². The van der Waals surface area contributed by atoms with Crippen LogP contribution < -0.4 is 15.4 Å². The molecule has 2 aliphatic carbocycles. The van der Waals surface area contributed by atoms with Gasteiger partial charge in [0.2, 0.25) is 0 Å². The Bertz CT molecular complexity index is 709. The topological polar surface area (TPSA) is 66.0 Å². The maximum atomic E-state index is 11.8. The maximum Gasteiger partial charge on any atom is 0.258 e. The van der Waals surface area contributed by atoms with Crippen LogP contribution in [0, 0.1) is 11.8 Å². The summed E-state index contributed by atoms with van der Waals surface area (Å²) in [5, 5.41) is 6.45. The molecular weight excluding hydrogens is 479 g/mol. The Morgan fingerprint density at radius 2 is 1.90 bits per heavy atom. The third-order valence-electron chi connectivity index (χ3n) is 6.15. The summed E-state index contributed by atoms with van der Waals surface area (Å²) in [4.78, 5) is 18.7. The number of carbonyl (C=O) groups excluding carboxylic acids is 1. The van der Waals surface area contributed by atoms with Crippen LogP contribution in [0.25, 0.3) is 0 Å². The van der Waals surface area contributed by atoms with Crippen LogP contribution in [0.5, 0.6) is 5.75 Å². The van der Waals surface area contributed by atoms with E-state index in [0.717, 1.165) is 55.0 Å². The summed E-state index contributed by atoms with van der Waals surface area (Å²) in [7, 11) is 1.86. The second-order valence-electron chi connectivity index (χ2n) is 8.39. The van der Waals surface area contributed by atoms with E-state index in [2.05, 4.69) is 26.6 Å². The summed E-state index contributed by atoms with van der Waals surface area (Å²) in [6.45, 7) is 3.03. The Kier molecular flexibility index (Phi) is 8.03. The number of likely N-dealkylation sites (tertiary alicyclic amines) is 1. The normalized spacial score (nSPS) is 23.8. The molecule has 1 saturated heterocycles. The molecule has 29 heavy (non-hydrogen) atoms. The van der Waals surface area contributed by atoms with E-state index in [1.54, 1.807) is 0 Å². The number of hydrogen-bond donors (Lipinski definition) is 2. The van der Waals surface area contributed by atoms with E-state index in [9.17, 15) is 4.79 Å². The number of benzene rings is 1. The average Bonchev–Trinajstić information content (AvgIpc) is 3.42. The molecule has 3 fully saturated rings. The monoisotopic (exact) mass is 512 g/mol. The highest BCUT2D eigenvalue weighted by Crippen LogP contribution is 2.35. The van der Waals surface area contributed by atoms with Gasteiger partial charge in [0, 0.05) is 32.7 Å². The summed E-state index contributed by atoms with van der Waals surface area (Å²) in [6, 6.07) is 8.30. The largest absolute Gasteiger partial charge is 0.484 e. The van der Waals surface area contributed by atoms with E-state index in [0.29, 0.717) is 12.6 Å². The zero-order chi connectivity index (χ0) is 19.3. The lowest BCUT2D eigenvalue weighted by atomic mass is 9.82. The number of carbonyl (C=O) groups is 1. The van der Waals surface area contributed by atoms with Crippen LogP contribution in [0.4, 0.5) is 0 Å². The molecule has 2 saturated carbocycles. The van der Waals surface area contributed by atoms with Crippen molar-refractivity contribution in [2.24, 2.45) is 16.8 Å². The van der Waals surface area contributed by atoms with Crippen molar-refractivity contribution in [3.8, 4) is 5.75 Å². The fourth-order valence-electron chi connectivity index (χ4n) is 4.48. The van der Waals surface area contributed by atoms with Crippen LogP contribution in [0.1, 0.15) is 44.1 Å². The zero-order valence-electron chi connectivity index (χ0n) is 17.2. The number of nitrogens with zero attached hydrogens (tertiary/aromatic N) is 2. The number of amides is 1. The molecule has 0 aromatic heterocycles. The summed E-state index contributed by atoms with van der Waals surface area (Å²) >= 11 is 0. The van der Waals surface area contributed by atoms with Crippen molar-refractivity contribution in [1.29, 1.82) is 0 Å². The number of hydrogen-bond acceptors (Lipinski definition) is 3. The van der Waals surface area contributed by atoms with Crippen LogP contribution in [-0.4, -0.2) is 49.6 Å². The molecule has 160 valence electrons. The van der Waals surface area contributed by atoms with E-state index in [4.69, 9.17) is 4.74 Å². The minimum absolute atomic E-state index is 0. The van der Waals surface area contributed by atoms with Gasteiger partial charge in [0.05, 0.1) is 0 Å². The van der Waals surface area contributed by atoms with Gasteiger partial charge in [0.15, 0.2) is 12.6 Å². The van der Waals surface area contributed by atoms with E-state index in [1.165, 1.54) is 25.7 Å². The minimum atomic E-state index is -0.0399. The lowest BCUT2D eigenvalue weighted by Gasteiger charge is -2.22. The molecule has 2 unspecified atom stereocenters. The molecule has 1 aliphatic heterocycles. The molecule has 2 N–H and O–H groups in total. The smallest absolute Gasteiger partial charge is 0.258 e. The molecule has 6 nitrogen and oxygen atoms in total. The molecule has 0 radical (unpaired) electrons. The van der Waals surface area contributed by atoms with Gasteiger partial charge in [-0.25, -0.2) is 0 Å². The summed E-state index contributed by atoms with van der Waals surface area (Å²) < 4.78 is 5.65. The van der Waals surface area contributed by atoms with Gasteiger partial charge in [-0.1, -0.05) is 25.0 Å². The third kappa shape index (κ3) is 6.23. The molecule has 2 atom stereocenters. The number of fused-ring (bicyclic) bond motifs is 1. The van der Waals surface area contributed by atoms with Crippen LogP contribution in [0.15, 0.2) is 29.3 Å². The first-order valence-corrected chi connectivity index (χ1v) is 10.7. The summed E-state index contributed by atoms with van der Waals surface area (Å²) in [6.07, 6.45) is 7.68.